The van der Waals surface area contributed by atoms with Gasteiger partial charge in [0.05, 0.1) is 5.52 Å². The lowest BCUT2D eigenvalue weighted by molar-refractivity contribution is 0.607. The Bertz CT molecular complexity index is 509. The maximum atomic E-state index is 5.96. The fraction of sp³-hybridized carbons (Fsp3) is 0.357. The lowest BCUT2D eigenvalue weighted by atomic mass is 10.1. The van der Waals surface area contributed by atoms with Crippen LogP contribution in [0.25, 0.3) is 10.9 Å². The molecular formula is C14H17ClN2. The summed E-state index contributed by atoms with van der Waals surface area (Å²) in [5, 5.41) is 5.31. The first kappa shape index (κ1) is 12.2. The molecule has 0 spiro atoms. The third-order valence-electron chi connectivity index (χ3n) is 2.74. The van der Waals surface area contributed by atoms with E-state index in [9.17, 15) is 0 Å². The highest BCUT2D eigenvalue weighted by Gasteiger charge is 2.02. The second kappa shape index (κ2) is 5.37. The van der Waals surface area contributed by atoms with Crippen molar-refractivity contribution in [3.63, 3.8) is 0 Å². The Kier molecular flexibility index (Phi) is 3.85. The Balaban J connectivity index is 2.22. The predicted molar refractivity (Wildman–Crippen MR) is 74.7 cm³/mol. The third kappa shape index (κ3) is 3.10. The number of hydrogen-bond donors (Lipinski definition) is 1. The SMILES string of the molecule is CC(C)CCNc1ccnc2cc(Cl)ccc12. The van der Waals surface area contributed by atoms with Gasteiger partial charge in [0.1, 0.15) is 0 Å². The average molecular weight is 249 g/mol. The van der Waals surface area contributed by atoms with Crippen LogP contribution in [0.5, 0.6) is 0 Å². The second-order valence-electron chi connectivity index (χ2n) is 4.63. The number of rotatable bonds is 4. The van der Waals surface area contributed by atoms with Gasteiger partial charge >= 0.3 is 0 Å². The molecule has 2 nitrogen and oxygen atoms in total. The van der Waals surface area contributed by atoms with E-state index in [-0.39, 0.29) is 0 Å². The fourth-order valence-electron chi connectivity index (χ4n) is 1.77. The Hall–Kier alpha value is -1.28. The molecule has 3 heteroatoms. The lowest BCUT2D eigenvalue weighted by Gasteiger charge is -2.10. The summed E-state index contributed by atoms with van der Waals surface area (Å²) in [6.45, 7) is 5.44. The van der Waals surface area contributed by atoms with E-state index in [1.54, 1.807) is 0 Å². The number of pyridine rings is 1. The molecule has 0 saturated carbocycles. The fourth-order valence-corrected chi connectivity index (χ4v) is 1.94. The Morgan fingerprint density at radius 1 is 1.29 bits per heavy atom. The number of hydrogen-bond acceptors (Lipinski definition) is 2. The van der Waals surface area contributed by atoms with E-state index in [1.165, 1.54) is 0 Å². The monoisotopic (exact) mass is 248 g/mol. The molecule has 0 unspecified atom stereocenters. The van der Waals surface area contributed by atoms with Crippen LogP contribution >= 0.6 is 11.6 Å². The third-order valence-corrected chi connectivity index (χ3v) is 2.98. The zero-order chi connectivity index (χ0) is 12.3. The van der Waals surface area contributed by atoms with Gasteiger partial charge in [0.2, 0.25) is 0 Å². The van der Waals surface area contributed by atoms with Gasteiger partial charge in [-0.25, -0.2) is 0 Å². The van der Waals surface area contributed by atoms with Gasteiger partial charge in [-0.15, -0.1) is 0 Å². The predicted octanol–water partition coefficient (Wildman–Crippen LogP) is 4.35. The molecule has 0 radical (unpaired) electrons. The summed E-state index contributed by atoms with van der Waals surface area (Å²) in [7, 11) is 0. The van der Waals surface area contributed by atoms with E-state index in [4.69, 9.17) is 11.6 Å². The molecule has 0 saturated heterocycles. The molecule has 0 aliphatic heterocycles. The van der Waals surface area contributed by atoms with Gasteiger partial charge in [0.15, 0.2) is 0 Å². The molecule has 0 atom stereocenters. The zero-order valence-corrected chi connectivity index (χ0v) is 11.0. The summed E-state index contributed by atoms with van der Waals surface area (Å²) < 4.78 is 0. The first-order valence-corrected chi connectivity index (χ1v) is 6.33. The smallest absolute Gasteiger partial charge is 0.0737 e. The quantitative estimate of drug-likeness (QED) is 0.870. The topological polar surface area (TPSA) is 24.9 Å². The van der Waals surface area contributed by atoms with Gasteiger partial charge in [-0.05, 0) is 36.6 Å². The Morgan fingerprint density at radius 2 is 2.12 bits per heavy atom. The lowest BCUT2D eigenvalue weighted by Crippen LogP contribution is -2.05. The molecule has 90 valence electrons. The molecule has 0 aliphatic carbocycles. The van der Waals surface area contributed by atoms with Crippen LogP contribution < -0.4 is 5.32 Å². The molecule has 0 bridgehead atoms. The van der Waals surface area contributed by atoms with Crippen molar-refractivity contribution in [3.05, 3.63) is 35.5 Å². The van der Waals surface area contributed by atoms with Crippen molar-refractivity contribution in [2.24, 2.45) is 5.92 Å². The minimum absolute atomic E-state index is 0.713. The first-order valence-electron chi connectivity index (χ1n) is 5.95. The maximum absolute atomic E-state index is 5.96. The number of fused-ring (bicyclic) bond motifs is 1. The van der Waals surface area contributed by atoms with Crippen LogP contribution in [-0.4, -0.2) is 11.5 Å². The Morgan fingerprint density at radius 3 is 2.88 bits per heavy atom. The molecule has 1 heterocycles. The van der Waals surface area contributed by atoms with Crippen LogP contribution in [0.15, 0.2) is 30.5 Å². The summed E-state index contributed by atoms with van der Waals surface area (Å²) in [5.74, 6) is 0.713. The minimum Gasteiger partial charge on any atom is -0.384 e. The van der Waals surface area contributed by atoms with Crippen LogP contribution in [0.3, 0.4) is 0 Å². The zero-order valence-electron chi connectivity index (χ0n) is 10.2. The molecule has 2 rings (SSSR count). The summed E-state index contributed by atoms with van der Waals surface area (Å²) >= 11 is 5.96. The summed E-state index contributed by atoms with van der Waals surface area (Å²) in [4.78, 5) is 4.32. The number of anilines is 1. The highest BCUT2D eigenvalue weighted by molar-refractivity contribution is 6.31. The second-order valence-corrected chi connectivity index (χ2v) is 5.07. The molecule has 0 aliphatic rings. The van der Waals surface area contributed by atoms with Gasteiger partial charge in [0, 0.05) is 28.8 Å². The van der Waals surface area contributed by atoms with E-state index in [0.717, 1.165) is 34.6 Å². The standard InChI is InChI=1S/C14H17ClN2/c1-10(2)5-7-16-13-6-8-17-14-9-11(15)3-4-12(13)14/h3-4,6,8-10H,5,7H2,1-2H3,(H,16,17). The van der Waals surface area contributed by atoms with E-state index in [1.807, 2.05) is 30.5 Å². The normalized spacial score (nSPS) is 11.1. The number of halogens is 1. The van der Waals surface area contributed by atoms with Crippen LogP contribution in [0.1, 0.15) is 20.3 Å². The highest BCUT2D eigenvalue weighted by atomic mass is 35.5. The maximum Gasteiger partial charge on any atom is 0.0737 e. The molecule has 2 aromatic rings. The van der Waals surface area contributed by atoms with Crippen molar-refractivity contribution >= 4 is 28.2 Å². The summed E-state index contributed by atoms with van der Waals surface area (Å²) in [6.07, 6.45) is 2.98. The van der Waals surface area contributed by atoms with Crippen LogP contribution in [0, 0.1) is 5.92 Å². The highest BCUT2D eigenvalue weighted by Crippen LogP contribution is 2.24. The number of benzene rings is 1. The summed E-state index contributed by atoms with van der Waals surface area (Å²) in [6, 6.07) is 7.82. The summed E-state index contributed by atoms with van der Waals surface area (Å²) in [5.41, 5.74) is 2.07. The van der Waals surface area contributed by atoms with E-state index in [0.29, 0.717) is 5.92 Å². The Labute approximate surface area is 107 Å². The molecule has 17 heavy (non-hydrogen) atoms. The molecule has 1 N–H and O–H groups in total. The van der Waals surface area contributed by atoms with Crippen LogP contribution in [0.2, 0.25) is 5.02 Å². The van der Waals surface area contributed by atoms with E-state index < -0.39 is 0 Å². The van der Waals surface area contributed by atoms with Gasteiger partial charge < -0.3 is 5.32 Å². The van der Waals surface area contributed by atoms with Crippen LogP contribution in [-0.2, 0) is 0 Å². The number of aromatic nitrogens is 1. The molecule has 1 aromatic carbocycles. The number of nitrogens with zero attached hydrogens (tertiary/aromatic N) is 1. The van der Waals surface area contributed by atoms with E-state index >= 15 is 0 Å². The van der Waals surface area contributed by atoms with Gasteiger partial charge in [-0.2, -0.15) is 0 Å². The van der Waals surface area contributed by atoms with Crippen molar-refractivity contribution in [3.8, 4) is 0 Å². The van der Waals surface area contributed by atoms with Crippen molar-refractivity contribution in [1.82, 2.24) is 4.98 Å². The van der Waals surface area contributed by atoms with Gasteiger partial charge in [-0.3, -0.25) is 4.98 Å². The van der Waals surface area contributed by atoms with E-state index in [2.05, 4.69) is 24.1 Å². The largest absolute Gasteiger partial charge is 0.384 e. The average Bonchev–Trinajstić information content (AvgIpc) is 2.28. The molecule has 0 amide bonds. The van der Waals surface area contributed by atoms with Crippen molar-refractivity contribution < 1.29 is 0 Å². The van der Waals surface area contributed by atoms with Gasteiger partial charge in [0.25, 0.3) is 0 Å². The molecule has 1 aromatic heterocycles. The van der Waals surface area contributed by atoms with Crippen molar-refractivity contribution in [2.75, 3.05) is 11.9 Å². The van der Waals surface area contributed by atoms with Crippen molar-refractivity contribution in [1.29, 1.82) is 0 Å². The molecular weight excluding hydrogens is 232 g/mol. The van der Waals surface area contributed by atoms with Crippen molar-refractivity contribution in [2.45, 2.75) is 20.3 Å². The number of nitrogens with one attached hydrogen (secondary N) is 1. The minimum atomic E-state index is 0.713. The van der Waals surface area contributed by atoms with Crippen LogP contribution in [0.4, 0.5) is 5.69 Å². The first-order chi connectivity index (χ1) is 8.16. The molecule has 0 fully saturated rings. The van der Waals surface area contributed by atoms with Gasteiger partial charge in [-0.1, -0.05) is 25.4 Å².